The SMILES string of the molecule is Cc1cc(Br)oc1C(=O)Nc1sc(C)c(-c2ccccc2)c1C(N)=O. The first-order valence-corrected chi connectivity index (χ1v) is 9.05. The molecule has 25 heavy (non-hydrogen) atoms. The van der Waals surface area contributed by atoms with Crippen LogP contribution in [-0.2, 0) is 0 Å². The molecule has 0 aliphatic rings. The summed E-state index contributed by atoms with van der Waals surface area (Å²) in [6, 6.07) is 11.2. The standard InChI is InChI=1S/C18H15BrN2O3S/c1-9-8-12(19)24-15(9)17(23)21-18-14(16(20)22)13(10(2)25-18)11-6-4-3-5-7-11/h3-8H,1-2H3,(H2,20,22)(H,21,23). The molecule has 3 N–H and O–H groups in total. The zero-order valence-corrected chi connectivity index (χ0v) is 16.0. The van der Waals surface area contributed by atoms with Crippen molar-refractivity contribution in [2.24, 2.45) is 5.73 Å². The Morgan fingerprint density at radius 1 is 1.20 bits per heavy atom. The van der Waals surface area contributed by atoms with E-state index in [9.17, 15) is 9.59 Å². The summed E-state index contributed by atoms with van der Waals surface area (Å²) < 4.78 is 5.83. The molecular formula is C18H15BrN2O3S. The van der Waals surface area contributed by atoms with E-state index in [2.05, 4.69) is 21.2 Å². The number of aryl methyl sites for hydroxylation is 2. The third kappa shape index (κ3) is 3.38. The molecule has 0 saturated heterocycles. The van der Waals surface area contributed by atoms with Crippen molar-refractivity contribution in [2.75, 3.05) is 5.32 Å². The Kier molecular flexibility index (Phi) is 4.78. The second-order valence-corrected chi connectivity index (χ2v) is 7.49. The maximum atomic E-state index is 12.5. The Balaban J connectivity index is 2.04. The monoisotopic (exact) mass is 418 g/mol. The largest absolute Gasteiger partial charge is 0.444 e. The molecular weight excluding hydrogens is 404 g/mol. The van der Waals surface area contributed by atoms with Gasteiger partial charge in [-0.3, -0.25) is 9.59 Å². The summed E-state index contributed by atoms with van der Waals surface area (Å²) in [7, 11) is 0. The number of benzene rings is 1. The Morgan fingerprint density at radius 3 is 2.44 bits per heavy atom. The quantitative estimate of drug-likeness (QED) is 0.641. The number of hydrogen-bond acceptors (Lipinski definition) is 4. The number of hydrogen-bond donors (Lipinski definition) is 2. The molecule has 2 heterocycles. The lowest BCUT2D eigenvalue weighted by Crippen LogP contribution is -2.17. The zero-order valence-electron chi connectivity index (χ0n) is 13.6. The minimum absolute atomic E-state index is 0.189. The Morgan fingerprint density at radius 2 is 1.88 bits per heavy atom. The van der Waals surface area contributed by atoms with Gasteiger partial charge in [0.25, 0.3) is 11.8 Å². The van der Waals surface area contributed by atoms with Crippen molar-refractivity contribution in [2.45, 2.75) is 13.8 Å². The lowest BCUT2D eigenvalue weighted by molar-refractivity contribution is 0.0995. The molecule has 128 valence electrons. The third-order valence-electron chi connectivity index (χ3n) is 3.71. The number of furan rings is 1. The predicted molar refractivity (Wildman–Crippen MR) is 102 cm³/mol. The van der Waals surface area contributed by atoms with Gasteiger partial charge in [0.2, 0.25) is 0 Å². The molecule has 2 aromatic heterocycles. The van der Waals surface area contributed by atoms with E-state index >= 15 is 0 Å². The number of nitrogens with two attached hydrogens (primary N) is 1. The van der Waals surface area contributed by atoms with Crippen LogP contribution < -0.4 is 11.1 Å². The minimum atomic E-state index is -0.587. The first kappa shape index (κ1) is 17.4. The molecule has 0 bridgehead atoms. The molecule has 0 radical (unpaired) electrons. The smallest absolute Gasteiger partial charge is 0.292 e. The lowest BCUT2D eigenvalue weighted by Gasteiger charge is -2.06. The third-order valence-corrected chi connectivity index (χ3v) is 5.13. The second kappa shape index (κ2) is 6.85. The van der Waals surface area contributed by atoms with E-state index in [-0.39, 0.29) is 5.76 Å². The molecule has 5 nitrogen and oxygen atoms in total. The van der Waals surface area contributed by atoms with Gasteiger partial charge in [0.1, 0.15) is 5.00 Å². The van der Waals surface area contributed by atoms with E-state index in [1.807, 2.05) is 37.3 Å². The molecule has 2 amide bonds. The van der Waals surface area contributed by atoms with Gasteiger partial charge in [0.05, 0.1) is 5.56 Å². The Bertz CT molecular complexity index is 960. The van der Waals surface area contributed by atoms with E-state index < -0.39 is 11.8 Å². The molecule has 7 heteroatoms. The summed E-state index contributed by atoms with van der Waals surface area (Å²) in [5.74, 6) is -0.822. The first-order chi connectivity index (χ1) is 11.9. The molecule has 0 aliphatic carbocycles. The maximum Gasteiger partial charge on any atom is 0.292 e. The van der Waals surface area contributed by atoms with Crippen molar-refractivity contribution in [1.82, 2.24) is 0 Å². The highest BCUT2D eigenvalue weighted by Gasteiger charge is 2.24. The van der Waals surface area contributed by atoms with Crippen LogP contribution in [0.2, 0.25) is 0 Å². The topological polar surface area (TPSA) is 85.3 Å². The van der Waals surface area contributed by atoms with Crippen LogP contribution in [0.15, 0.2) is 45.5 Å². The van der Waals surface area contributed by atoms with E-state index in [1.165, 1.54) is 11.3 Å². The minimum Gasteiger partial charge on any atom is -0.444 e. The summed E-state index contributed by atoms with van der Waals surface area (Å²) in [6.45, 7) is 3.66. The molecule has 0 fully saturated rings. The van der Waals surface area contributed by atoms with E-state index in [4.69, 9.17) is 10.2 Å². The summed E-state index contributed by atoms with van der Waals surface area (Å²) in [5.41, 5.74) is 8.23. The Hall–Kier alpha value is -2.38. The van der Waals surface area contributed by atoms with Gasteiger partial charge in [-0.15, -0.1) is 11.3 Å². The number of primary amides is 1. The normalized spacial score (nSPS) is 10.7. The molecule has 1 aromatic carbocycles. The van der Waals surface area contributed by atoms with Crippen LogP contribution in [0.5, 0.6) is 0 Å². The van der Waals surface area contributed by atoms with Crippen molar-refractivity contribution in [1.29, 1.82) is 0 Å². The van der Waals surface area contributed by atoms with E-state index in [1.54, 1.807) is 13.0 Å². The average Bonchev–Trinajstić information content (AvgIpc) is 3.07. The Labute approximate surface area is 157 Å². The van der Waals surface area contributed by atoms with Crippen molar-refractivity contribution < 1.29 is 14.0 Å². The van der Waals surface area contributed by atoms with Crippen molar-refractivity contribution in [3.05, 3.63) is 62.8 Å². The number of anilines is 1. The van der Waals surface area contributed by atoms with Gasteiger partial charge >= 0.3 is 0 Å². The van der Waals surface area contributed by atoms with Crippen molar-refractivity contribution >= 4 is 44.1 Å². The fourth-order valence-corrected chi connectivity index (χ4v) is 4.23. The van der Waals surface area contributed by atoms with Crippen LogP contribution in [0.4, 0.5) is 5.00 Å². The number of nitrogens with one attached hydrogen (secondary N) is 1. The molecule has 0 atom stereocenters. The van der Waals surface area contributed by atoms with Gasteiger partial charge in [-0.25, -0.2) is 0 Å². The van der Waals surface area contributed by atoms with Gasteiger partial charge in [-0.2, -0.15) is 0 Å². The summed E-state index contributed by atoms with van der Waals surface area (Å²) in [6.07, 6.45) is 0. The predicted octanol–water partition coefficient (Wildman–Crippen LogP) is 4.74. The average molecular weight is 419 g/mol. The fraction of sp³-hybridized carbons (Fsp3) is 0.111. The van der Waals surface area contributed by atoms with Gasteiger partial charge in [-0.05, 0) is 41.4 Å². The van der Waals surface area contributed by atoms with Crippen LogP contribution in [0.1, 0.15) is 31.4 Å². The highest BCUT2D eigenvalue weighted by atomic mass is 79.9. The van der Waals surface area contributed by atoms with E-state index in [0.29, 0.717) is 20.8 Å². The van der Waals surface area contributed by atoms with Gasteiger partial charge in [0.15, 0.2) is 10.4 Å². The van der Waals surface area contributed by atoms with E-state index in [0.717, 1.165) is 16.0 Å². The summed E-state index contributed by atoms with van der Waals surface area (Å²) >= 11 is 4.52. The summed E-state index contributed by atoms with van der Waals surface area (Å²) in [5, 5.41) is 3.17. The molecule has 0 spiro atoms. The van der Waals surface area contributed by atoms with Crippen LogP contribution >= 0.6 is 27.3 Å². The maximum absolute atomic E-state index is 12.5. The van der Waals surface area contributed by atoms with Crippen LogP contribution in [0, 0.1) is 13.8 Å². The second-order valence-electron chi connectivity index (χ2n) is 5.48. The van der Waals surface area contributed by atoms with Crippen LogP contribution in [0.3, 0.4) is 0 Å². The van der Waals surface area contributed by atoms with Gasteiger partial charge in [0, 0.05) is 16.0 Å². The number of thiophene rings is 1. The molecule has 3 rings (SSSR count). The molecule has 0 aliphatic heterocycles. The molecule has 3 aromatic rings. The van der Waals surface area contributed by atoms with Gasteiger partial charge in [-0.1, -0.05) is 30.3 Å². The number of rotatable bonds is 4. The number of carbonyl (C=O) groups is 2. The molecule has 0 unspecified atom stereocenters. The zero-order chi connectivity index (χ0) is 18.1. The fourth-order valence-electron chi connectivity index (χ4n) is 2.65. The van der Waals surface area contributed by atoms with Crippen LogP contribution in [0.25, 0.3) is 11.1 Å². The van der Waals surface area contributed by atoms with Crippen LogP contribution in [-0.4, -0.2) is 11.8 Å². The highest BCUT2D eigenvalue weighted by molar-refractivity contribution is 9.10. The van der Waals surface area contributed by atoms with Crippen molar-refractivity contribution in [3.8, 4) is 11.1 Å². The highest BCUT2D eigenvalue weighted by Crippen LogP contribution is 2.39. The number of halogens is 1. The lowest BCUT2D eigenvalue weighted by atomic mass is 10.0. The molecule has 0 saturated carbocycles. The van der Waals surface area contributed by atoms with Crippen molar-refractivity contribution in [3.63, 3.8) is 0 Å². The number of carbonyl (C=O) groups excluding carboxylic acids is 2. The number of amides is 2. The van der Waals surface area contributed by atoms with Gasteiger partial charge < -0.3 is 15.5 Å². The first-order valence-electron chi connectivity index (χ1n) is 7.44. The summed E-state index contributed by atoms with van der Waals surface area (Å²) in [4.78, 5) is 25.5.